The van der Waals surface area contributed by atoms with Crippen LogP contribution in [0.2, 0.25) is 5.02 Å². The molecule has 1 aromatic heterocycles. The molecule has 1 aliphatic rings. The Balaban J connectivity index is 1.86. The summed E-state index contributed by atoms with van der Waals surface area (Å²) in [6, 6.07) is 4.54. The molecule has 8 heteroatoms. The van der Waals surface area contributed by atoms with Crippen LogP contribution in [0.1, 0.15) is 5.69 Å². The van der Waals surface area contributed by atoms with E-state index >= 15 is 0 Å². The van der Waals surface area contributed by atoms with E-state index in [1.807, 2.05) is 42.5 Å². The molecule has 0 fully saturated rings. The summed E-state index contributed by atoms with van der Waals surface area (Å²) in [5.74, 6) is -0.416. The lowest BCUT2D eigenvalue weighted by Crippen LogP contribution is -2.33. The van der Waals surface area contributed by atoms with Crippen LogP contribution in [0, 0.1) is 5.82 Å². The minimum absolute atomic E-state index is 0.351. The highest BCUT2D eigenvalue weighted by molar-refractivity contribution is 6.30. The van der Waals surface area contributed by atoms with Crippen molar-refractivity contribution in [3.05, 3.63) is 58.9 Å². The van der Waals surface area contributed by atoms with Crippen molar-refractivity contribution in [3.63, 3.8) is 0 Å². The highest BCUT2D eigenvalue weighted by Gasteiger charge is 2.18. The van der Waals surface area contributed by atoms with Gasteiger partial charge in [-0.3, -0.25) is 5.01 Å². The molecule has 0 radical (unpaired) electrons. The second-order valence-electron chi connectivity index (χ2n) is 5.67. The number of likely N-dealkylation sites (N-methyl/N-ethyl adjacent to an activating group) is 1. The van der Waals surface area contributed by atoms with Gasteiger partial charge in [-0.2, -0.15) is 0 Å². The van der Waals surface area contributed by atoms with Crippen LogP contribution >= 0.6 is 11.6 Å². The van der Waals surface area contributed by atoms with Crippen LogP contribution in [0.4, 0.5) is 4.39 Å². The lowest BCUT2D eigenvalue weighted by Gasteiger charge is -2.26. The third-order valence-electron chi connectivity index (χ3n) is 3.77. The molecule has 6 nitrogen and oxygen atoms in total. The number of aromatic nitrogens is 3. The van der Waals surface area contributed by atoms with Crippen LogP contribution in [0.25, 0.3) is 11.3 Å². The van der Waals surface area contributed by atoms with Crippen LogP contribution in [0.15, 0.2) is 42.4 Å². The van der Waals surface area contributed by atoms with E-state index < -0.39 is 5.82 Å². The van der Waals surface area contributed by atoms with Crippen LogP contribution in [0.3, 0.4) is 0 Å². The van der Waals surface area contributed by atoms with Gasteiger partial charge in [0, 0.05) is 44.1 Å². The molecule has 126 valence electrons. The van der Waals surface area contributed by atoms with Gasteiger partial charge < -0.3 is 10.3 Å². The lowest BCUT2D eigenvalue weighted by molar-refractivity contribution is 0.288. The smallest absolute Gasteiger partial charge is 0.134 e. The first-order valence-electron chi connectivity index (χ1n) is 7.38. The Bertz CT molecular complexity index is 811. The Morgan fingerprint density at radius 3 is 2.75 bits per heavy atom. The molecule has 2 heterocycles. The van der Waals surface area contributed by atoms with Crippen LogP contribution < -0.4 is 5.43 Å². The minimum Gasteiger partial charge on any atom is -0.376 e. The van der Waals surface area contributed by atoms with Gasteiger partial charge in [0.1, 0.15) is 11.5 Å². The van der Waals surface area contributed by atoms with Gasteiger partial charge in [0.25, 0.3) is 0 Å². The Hall–Kier alpha value is -2.54. The molecular formula is C16H18ClFN6. The van der Waals surface area contributed by atoms with Gasteiger partial charge in [0.05, 0.1) is 17.9 Å². The zero-order valence-electron chi connectivity index (χ0n) is 13.7. The molecular weight excluding hydrogens is 331 g/mol. The van der Waals surface area contributed by atoms with E-state index in [9.17, 15) is 4.39 Å². The van der Waals surface area contributed by atoms with Crippen molar-refractivity contribution in [2.45, 2.75) is 6.54 Å². The third-order valence-corrected chi connectivity index (χ3v) is 4.00. The number of hydrogen-bond donors (Lipinski definition) is 1. The predicted octanol–water partition coefficient (Wildman–Crippen LogP) is 2.51. The maximum Gasteiger partial charge on any atom is 0.134 e. The number of nitrogens with one attached hydrogen (secondary N) is 1. The molecule has 0 unspecified atom stereocenters. The SMILES string of the molecule is CN(C)C1=CNN(Cc2c(-c3ccc(Cl)cc3F)nnn2C)C=C1. The molecule has 0 bridgehead atoms. The van der Waals surface area contributed by atoms with Gasteiger partial charge in [0.15, 0.2) is 0 Å². The van der Waals surface area contributed by atoms with E-state index in [1.165, 1.54) is 6.07 Å². The van der Waals surface area contributed by atoms with Gasteiger partial charge in [-0.05, 0) is 24.3 Å². The summed E-state index contributed by atoms with van der Waals surface area (Å²) in [5, 5.41) is 10.4. The first-order valence-corrected chi connectivity index (χ1v) is 7.76. The quantitative estimate of drug-likeness (QED) is 0.920. The summed E-state index contributed by atoms with van der Waals surface area (Å²) in [6.45, 7) is 0.481. The molecule has 1 aliphatic heterocycles. The standard InChI is InChI=1S/C16H18ClFN6/c1-22(2)12-6-7-24(19-9-12)10-15-16(20-21-23(15)3)13-5-4-11(17)8-14(13)18/h4-9,19H,10H2,1-3H3. The maximum absolute atomic E-state index is 14.2. The second-order valence-corrected chi connectivity index (χ2v) is 6.11. The molecule has 1 N–H and O–H groups in total. The molecule has 0 saturated carbocycles. The minimum atomic E-state index is -0.416. The number of hydrogen-bond acceptors (Lipinski definition) is 5. The number of rotatable bonds is 4. The van der Waals surface area contributed by atoms with Gasteiger partial charge in [-0.1, -0.05) is 16.8 Å². The monoisotopic (exact) mass is 348 g/mol. The summed E-state index contributed by atoms with van der Waals surface area (Å²) >= 11 is 5.83. The fraction of sp³-hybridized carbons (Fsp3) is 0.250. The second kappa shape index (κ2) is 6.52. The Morgan fingerprint density at radius 1 is 1.33 bits per heavy atom. The summed E-state index contributed by atoms with van der Waals surface area (Å²) in [5.41, 5.74) is 5.91. The number of halogens is 2. The summed E-state index contributed by atoms with van der Waals surface area (Å²) in [7, 11) is 5.73. The summed E-state index contributed by atoms with van der Waals surface area (Å²) < 4.78 is 15.9. The molecule has 0 saturated heterocycles. The van der Waals surface area contributed by atoms with E-state index in [0.29, 0.717) is 22.8 Å². The topological polar surface area (TPSA) is 49.2 Å². The zero-order chi connectivity index (χ0) is 17.3. The highest BCUT2D eigenvalue weighted by atomic mass is 35.5. The zero-order valence-corrected chi connectivity index (χ0v) is 14.4. The molecule has 3 rings (SSSR count). The number of hydrazine groups is 1. The molecule has 0 aliphatic carbocycles. The Morgan fingerprint density at radius 2 is 2.12 bits per heavy atom. The van der Waals surface area contributed by atoms with Gasteiger partial charge in [-0.15, -0.1) is 5.10 Å². The first kappa shape index (κ1) is 16.3. The van der Waals surface area contributed by atoms with Gasteiger partial charge >= 0.3 is 0 Å². The highest BCUT2D eigenvalue weighted by Crippen LogP contribution is 2.27. The van der Waals surface area contributed by atoms with E-state index in [4.69, 9.17) is 11.6 Å². The van der Waals surface area contributed by atoms with E-state index in [-0.39, 0.29) is 0 Å². The molecule has 0 amide bonds. The average molecular weight is 349 g/mol. The van der Waals surface area contributed by atoms with E-state index in [0.717, 1.165) is 11.4 Å². The van der Waals surface area contributed by atoms with Gasteiger partial charge in [0.2, 0.25) is 0 Å². The van der Waals surface area contributed by atoms with Crippen LogP contribution in [0.5, 0.6) is 0 Å². The van der Waals surface area contributed by atoms with Crippen molar-refractivity contribution in [1.29, 1.82) is 0 Å². The number of allylic oxidation sites excluding steroid dienone is 1. The largest absolute Gasteiger partial charge is 0.376 e. The molecule has 1 aromatic carbocycles. The van der Waals surface area contributed by atoms with Crippen molar-refractivity contribution < 1.29 is 4.39 Å². The number of aryl methyl sites for hydroxylation is 1. The van der Waals surface area contributed by atoms with E-state index in [1.54, 1.807) is 23.9 Å². The maximum atomic E-state index is 14.2. The normalized spacial score (nSPS) is 13.7. The average Bonchev–Trinajstić information content (AvgIpc) is 2.89. The fourth-order valence-electron chi connectivity index (χ4n) is 2.39. The first-order chi connectivity index (χ1) is 11.5. The number of nitrogens with zero attached hydrogens (tertiary/aromatic N) is 5. The predicted molar refractivity (Wildman–Crippen MR) is 91.0 cm³/mol. The van der Waals surface area contributed by atoms with Crippen molar-refractivity contribution in [2.75, 3.05) is 14.1 Å². The van der Waals surface area contributed by atoms with Crippen molar-refractivity contribution in [2.24, 2.45) is 7.05 Å². The van der Waals surface area contributed by atoms with Crippen molar-refractivity contribution in [1.82, 2.24) is 30.3 Å². The Kier molecular flexibility index (Phi) is 4.44. The molecule has 24 heavy (non-hydrogen) atoms. The molecule has 0 spiro atoms. The lowest BCUT2D eigenvalue weighted by atomic mass is 10.1. The van der Waals surface area contributed by atoms with Crippen molar-refractivity contribution >= 4 is 11.6 Å². The van der Waals surface area contributed by atoms with E-state index in [2.05, 4.69) is 15.7 Å². The molecule has 0 atom stereocenters. The molecule has 2 aromatic rings. The third kappa shape index (κ3) is 3.21. The van der Waals surface area contributed by atoms with Gasteiger partial charge in [-0.25, -0.2) is 9.07 Å². The number of benzene rings is 1. The van der Waals surface area contributed by atoms with Crippen LogP contribution in [-0.2, 0) is 13.6 Å². The van der Waals surface area contributed by atoms with Crippen molar-refractivity contribution in [3.8, 4) is 11.3 Å². The fourth-order valence-corrected chi connectivity index (χ4v) is 2.55. The van der Waals surface area contributed by atoms with Crippen LogP contribution in [-0.4, -0.2) is 39.0 Å². The summed E-state index contributed by atoms with van der Waals surface area (Å²) in [4.78, 5) is 2.00. The Labute approximate surface area is 144 Å². The summed E-state index contributed by atoms with van der Waals surface area (Å²) in [6.07, 6.45) is 5.81.